The second-order valence-corrected chi connectivity index (χ2v) is 6.60. The van der Waals surface area contributed by atoms with E-state index in [4.69, 9.17) is 0 Å². The molecule has 2 aromatic rings. The summed E-state index contributed by atoms with van der Waals surface area (Å²) in [6.07, 6.45) is 9.94. The largest absolute Gasteiger partial charge is 0.356 e. The number of benzene rings is 1. The molecule has 6 nitrogen and oxygen atoms in total. The number of halogens is 1. The molecule has 1 saturated carbocycles. The highest BCUT2D eigenvalue weighted by molar-refractivity contribution is 14.0. The molecule has 0 amide bonds. The van der Waals surface area contributed by atoms with Gasteiger partial charge in [-0.3, -0.25) is 9.56 Å². The average Bonchev–Trinajstić information content (AvgIpc) is 3.33. The standard InChI is InChI=1S/C19H28N6.HI/c1-20-19(21-13-7-10-16-8-5-6-9-16)22-14-18-24-23-15-25(18)17-11-3-2-4-12-17;/h2-4,11-12,15-16H,5-10,13-14H2,1H3,(H2,20,21,22);1H. The summed E-state index contributed by atoms with van der Waals surface area (Å²) in [5, 5.41) is 15.0. The second-order valence-electron chi connectivity index (χ2n) is 6.60. The Balaban J connectivity index is 0.00000243. The van der Waals surface area contributed by atoms with Gasteiger partial charge in [-0.15, -0.1) is 34.2 Å². The highest BCUT2D eigenvalue weighted by Gasteiger charge is 2.14. The van der Waals surface area contributed by atoms with Crippen LogP contribution in [0, 0.1) is 5.92 Å². The first-order valence-electron chi connectivity index (χ1n) is 9.25. The molecule has 142 valence electrons. The van der Waals surface area contributed by atoms with Crippen molar-refractivity contribution in [1.82, 2.24) is 25.4 Å². The smallest absolute Gasteiger partial charge is 0.191 e. The number of guanidine groups is 1. The van der Waals surface area contributed by atoms with E-state index >= 15 is 0 Å². The van der Waals surface area contributed by atoms with Crippen LogP contribution in [0.1, 0.15) is 44.3 Å². The van der Waals surface area contributed by atoms with Crippen LogP contribution in [-0.4, -0.2) is 34.3 Å². The topological polar surface area (TPSA) is 67.1 Å². The summed E-state index contributed by atoms with van der Waals surface area (Å²) in [6, 6.07) is 10.1. The first-order valence-corrected chi connectivity index (χ1v) is 9.25. The van der Waals surface area contributed by atoms with Gasteiger partial charge in [0.25, 0.3) is 0 Å². The third-order valence-electron chi connectivity index (χ3n) is 4.85. The van der Waals surface area contributed by atoms with Crippen LogP contribution in [-0.2, 0) is 6.54 Å². The number of nitrogens with zero attached hydrogens (tertiary/aromatic N) is 4. The maximum Gasteiger partial charge on any atom is 0.191 e. The van der Waals surface area contributed by atoms with Gasteiger partial charge in [0, 0.05) is 19.3 Å². The number of nitrogens with one attached hydrogen (secondary N) is 2. The molecule has 0 radical (unpaired) electrons. The number of aromatic nitrogens is 3. The molecule has 0 atom stereocenters. The van der Waals surface area contributed by atoms with E-state index < -0.39 is 0 Å². The maximum atomic E-state index is 4.30. The third-order valence-corrected chi connectivity index (χ3v) is 4.85. The van der Waals surface area contributed by atoms with Crippen molar-refractivity contribution in [3.63, 3.8) is 0 Å². The minimum absolute atomic E-state index is 0. The Morgan fingerprint density at radius 1 is 1.19 bits per heavy atom. The Morgan fingerprint density at radius 2 is 1.96 bits per heavy atom. The first-order chi connectivity index (χ1) is 12.4. The monoisotopic (exact) mass is 468 g/mol. The van der Waals surface area contributed by atoms with Gasteiger partial charge in [0.15, 0.2) is 11.8 Å². The van der Waals surface area contributed by atoms with Crippen LogP contribution in [0.3, 0.4) is 0 Å². The van der Waals surface area contributed by atoms with Crippen LogP contribution in [0.15, 0.2) is 41.7 Å². The zero-order chi connectivity index (χ0) is 17.3. The van der Waals surface area contributed by atoms with Crippen LogP contribution in [0.5, 0.6) is 0 Å². The fourth-order valence-corrected chi connectivity index (χ4v) is 3.46. The van der Waals surface area contributed by atoms with E-state index in [9.17, 15) is 0 Å². The van der Waals surface area contributed by atoms with E-state index in [0.29, 0.717) is 6.54 Å². The number of hydrogen-bond acceptors (Lipinski definition) is 3. The molecule has 2 N–H and O–H groups in total. The number of para-hydroxylation sites is 1. The van der Waals surface area contributed by atoms with Gasteiger partial charge < -0.3 is 10.6 Å². The molecule has 1 heterocycles. The van der Waals surface area contributed by atoms with Gasteiger partial charge in [-0.1, -0.05) is 43.9 Å². The molecule has 1 aromatic carbocycles. The van der Waals surface area contributed by atoms with Crippen LogP contribution in [0.25, 0.3) is 5.69 Å². The molecule has 1 aromatic heterocycles. The van der Waals surface area contributed by atoms with Gasteiger partial charge in [0.2, 0.25) is 0 Å². The number of aliphatic imine (C=N–C) groups is 1. The van der Waals surface area contributed by atoms with Crippen molar-refractivity contribution in [1.29, 1.82) is 0 Å². The highest BCUT2D eigenvalue weighted by atomic mass is 127. The molecule has 0 bridgehead atoms. The fraction of sp³-hybridized carbons (Fsp3) is 0.526. The third kappa shape index (κ3) is 5.96. The van der Waals surface area contributed by atoms with Gasteiger partial charge >= 0.3 is 0 Å². The average molecular weight is 468 g/mol. The van der Waals surface area contributed by atoms with Crippen LogP contribution in [0.2, 0.25) is 0 Å². The van der Waals surface area contributed by atoms with Gasteiger partial charge in [-0.05, 0) is 30.9 Å². The maximum absolute atomic E-state index is 4.30. The molecule has 1 fully saturated rings. The summed E-state index contributed by atoms with van der Waals surface area (Å²) in [5.74, 6) is 2.62. The van der Waals surface area contributed by atoms with Crippen molar-refractivity contribution >= 4 is 29.9 Å². The lowest BCUT2D eigenvalue weighted by Crippen LogP contribution is -2.37. The molecular formula is C19H29IN6. The van der Waals surface area contributed by atoms with Gasteiger partial charge in [0.05, 0.1) is 6.54 Å². The molecular weight excluding hydrogens is 439 g/mol. The Kier molecular flexibility index (Phi) is 8.87. The van der Waals surface area contributed by atoms with E-state index in [-0.39, 0.29) is 24.0 Å². The highest BCUT2D eigenvalue weighted by Crippen LogP contribution is 2.28. The van der Waals surface area contributed by atoms with Gasteiger partial charge in [-0.25, -0.2) is 0 Å². The zero-order valence-corrected chi connectivity index (χ0v) is 17.7. The molecule has 0 spiro atoms. The van der Waals surface area contributed by atoms with Crippen molar-refractivity contribution in [2.75, 3.05) is 13.6 Å². The zero-order valence-electron chi connectivity index (χ0n) is 15.4. The fourth-order valence-electron chi connectivity index (χ4n) is 3.46. The Morgan fingerprint density at radius 3 is 2.69 bits per heavy atom. The molecule has 0 saturated heterocycles. The van der Waals surface area contributed by atoms with E-state index in [1.54, 1.807) is 13.4 Å². The summed E-state index contributed by atoms with van der Waals surface area (Å²) < 4.78 is 1.99. The van der Waals surface area contributed by atoms with Crippen molar-refractivity contribution in [2.24, 2.45) is 10.9 Å². The van der Waals surface area contributed by atoms with Crippen molar-refractivity contribution in [3.05, 3.63) is 42.5 Å². The molecule has 26 heavy (non-hydrogen) atoms. The van der Waals surface area contributed by atoms with Gasteiger partial charge in [-0.2, -0.15) is 0 Å². The summed E-state index contributed by atoms with van der Waals surface area (Å²) in [4.78, 5) is 4.30. The Labute approximate surface area is 172 Å². The minimum Gasteiger partial charge on any atom is -0.356 e. The first kappa shape index (κ1) is 20.7. The predicted octanol–water partition coefficient (Wildman–Crippen LogP) is 3.52. The number of rotatable bonds is 7. The van der Waals surface area contributed by atoms with E-state index in [1.165, 1.54) is 38.5 Å². The molecule has 0 aliphatic heterocycles. The van der Waals surface area contributed by atoms with Crippen LogP contribution < -0.4 is 10.6 Å². The van der Waals surface area contributed by atoms with Crippen molar-refractivity contribution in [2.45, 2.75) is 45.1 Å². The lowest BCUT2D eigenvalue weighted by Gasteiger charge is -2.13. The number of hydrogen-bond donors (Lipinski definition) is 2. The lowest BCUT2D eigenvalue weighted by atomic mass is 10.0. The quantitative estimate of drug-likeness (QED) is 0.283. The Bertz CT molecular complexity index is 664. The summed E-state index contributed by atoms with van der Waals surface area (Å²) >= 11 is 0. The molecule has 1 aliphatic carbocycles. The minimum atomic E-state index is 0. The van der Waals surface area contributed by atoms with Crippen molar-refractivity contribution < 1.29 is 0 Å². The molecule has 1 aliphatic rings. The van der Waals surface area contributed by atoms with Crippen LogP contribution >= 0.6 is 24.0 Å². The SMILES string of the molecule is CN=C(NCCCC1CCCC1)NCc1nncn1-c1ccccc1.I. The van der Waals surface area contributed by atoms with E-state index in [2.05, 4.69) is 25.8 Å². The van der Waals surface area contributed by atoms with E-state index in [0.717, 1.165) is 29.9 Å². The normalized spacial score (nSPS) is 14.9. The second kappa shape index (κ2) is 11.2. The van der Waals surface area contributed by atoms with Crippen LogP contribution in [0.4, 0.5) is 0 Å². The molecule has 3 rings (SSSR count). The van der Waals surface area contributed by atoms with E-state index in [1.807, 2.05) is 34.9 Å². The van der Waals surface area contributed by atoms with Crippen molar-refractivity contribution in [3.8, 4) is 5.69 Å². The summed E-state index contributed by atoms with van der Waals surface area (Å²) in [7, 11) is 1.80. The Hall–Kier alpha value is -1.64. The molecule has 0 unspecified atom stereocenters. The van der Waals surface area contributed by atoms with Gasteiger partial charge in [0.1, 0.15) is 6.33 Å². The summed E-state index contributed by atoms with van der Waals surface area (Å²) in [6.45, 7) is 1.54. The predicted molar refractivity (Wildman–Crippen MR) is 116 cm³/mol. The molecule has 7 heteroatoms. The summed E-state index contributed by atoms with van der Waals surface area (Å²) in [5.41, 5.74) is 1.06. The lowest BCUT2D eigenvalue weighted by molar-refractivity contribution is 0.481.